The molecule has 0 bridgehead atoms. The summed E-state index contributed by atoms with van der Waals surface area (Å²) in [5.41, 5.74) is -0.603. The van der Waals surface area contributed by atoms with E-state index in [1.807, 2.05) is 0 Å². The lowest BCUT2D eigenvalue weighted by Gasteiger charge is -2.18. The molecule has 1 aromatic rings. The molecule has 0 amide bonds. The van der Waals surface area contributed by atoms with E-state index >= 15 is 0 Å². The topological polar surface area (TPSA) is 64.0 Å². The predicted molar refractivity (Wildman–Crippen MR) is 44.0 cm³/mol. The summed E-state index contributed by atoms with van der Waals surface area (Å²) in [5.74, 6) is 0. The highest BCUT2D eigenvalue weighted by Gasteiger charge is 2.19. The zero-order chi connectivity index (χ0) is 10.1. The molecular weight excluding hydrogens is 172 g/mol. The van der Waals surface area contributed by atoms with Gasteiger partial charge in [-0.3, -0.25) is 0 Å². The zero-order valence-electron chi connectivity index (χ0n) is 7.77. The van der Waals surface area contributed by atoms with Gasteiger partial charge in [0.2, 0.25) is 0 Å². The molecule has 1 aromatic heterocycles. The Labute approximate surface area is 76.0 Å². The van der Waals surface area contributed by atoms with Crippen LogP contribution in [0.5, 0.6) is 6.01 Å². The Kier molecular flexibility index (Phi) is 2.27. The maximum atomic E-state index is 11.2. The molecular formula is C8H11N2O3. The minimum Gasteiger partial charge on any atom is -0.443 e. The number of nitrogens with zero attached hydrogens (tertiary/aromatic N) is 2. The molecule has 0 N–H and O–H groups in total. The van der Waals surface area contributed by atoms with Crippen LogP contribution in [0.15, 0.2) is 12.4 Å². The van der Waals surface area contributed by atoms with Crippen LogP contribution in [0.25, 0.3) is 0 Å². The van der Waals surface area contributed by atoms with Crippen molar-refractivity contribution in [2.45, 2.75) is 26.4 Å². The summed E-state index contributed by atoms with van der Waals surface area (Å²) >= 11 is 0. The summed E-state index contributed by atoms with van der Waals surface area (Å²) in [6.07, 6.45) is 1.83. The van der Waals surface area contributed by atoms with Crippen LogP contribution >= 0.6 is 0 Å². The molecule has 71 valence electrons. The molecule has 5 nitrogen and oxygen atoms in total. The molecule has 0 aliphatic carbocycles. The quantitative estimate of drug-likeness (QED) is 0.616. The van der Waals surface area contributed by atoms with Crippen LogP contribution in [0.4, 0.5) is 4.79 Å². The van der Waals surface area contributed by atoms with Crippen molar-refractivity contribution in [3.05, 3.63) is 12.4 Å². The Morgan fingerprint density at radius 3 is 2.54 bits per heavy atom. The van der Waals surface area contributed by atoms with Crippen molar-refractivity contribution in [1.29, 1.82) is 0 Å². The number of hydrogen-bond acceptors (Lipinski definition) is 3. The van der Waals surface area contributed by atoms with Gasteiger partial charge in [0.15, 0.2) is 0 Å². The van der Waals surface area contributed by atoms with Crippen LogP contribution in [0, 0.1) is 0 Å². The van der Waals surface area contributed by atoms with Gasteiger partial charge in [0.05, 0.1) is 0 Å². The van der Waals surface area contributed by atoms with E-state index in [-0.39, 0.29) is 0 Å². The van der Waals surface area contributed by atoms with Crippen molar-refractivity contribution in [2.75, 3.05) is 0 Å². The Balaban J connectivity index is 2.76. The minimum atomic E-state index is -0.699. The number of rotatable bonds is 0. The van der Waals surface area contributed by atoms with Crippen molar-refractivity contribution in [3.8, 4) is 6.01 Å². The smallest absolute Gasteiger partial charge is 0.422 e. The van der Waals surface area contributed by atoms with Crippen molar-refractivity contribution in [3.63, 3.8) is 0 Å². The van der Waals surface area contributed by atoms with Gasteiger partial charge in [0.25, 0.3) is 0 Å². The highest BCUT2D eigenvalue weighted by Crippen LogP contribution is 2.12. The van der Waals surface area contributed by atoms with Gasteiger partial charge < -0.3 is 4.74 Å². The summed E-state index contributed by atoms with van der Waals surface area (Å²) in [6, 6.07) is -0.616. The van der Waals surface area contributed by atoms with E-state index in [1.54, 1.807) is 20.8 Å². The van der Waals surface area contributed by atoms with E-state index in [0.29, 0.717) is 0 Å². The average Bonchev–Trinajstić information content (AvgIpc) is 2.30. The molecule has 1 radical (unpaired) electrons. The molecule has 0 aliphatic rings. The van der Waals surface area contributed by atoms with Gasteiger partial charge in [-0.1, -0.05) is 0 Å². The number of carbonyl (C=O) groups excluding carboxylic acids is 1. The molecule has 5 heteroatoms. The lowest BCUT2D eigenvalue weighted by molar-refractivity contribution is 0.0516. The highest BCUT2D eigenvalue weighted by molar-refractivity contribution is 5.72. The SMILES string of the molecule is CC(C)(C)OC(=O)n1ccnc1[O]. The van der Waals surface area contributed by atoms with Crippen LogP contribution in [0.2, 0.25) is 0 Å². The molecule has 0 spiro atoms. The number of aromatic nitrogens is 2. The van der Waals surface area contributed by atoms with E-state index < -0.39 is 17.7 Å². The van der Waals surface area contributed by atoms with E-state index in [0.717, 1.165) is 4.57 Å². The molecule has 0 fully saturated rings. The lowest BCUT2D eigenvalue weighted by Crippen LogP contribution is -2.26. The lowest BCUT2D eigenvalue weighted by atomic mass is 10.2. The number of ether oxygens (including phenoxy) is 1. The van der Waals surface area contributed by atoms with Gasteiger partial charge in [-0.25, -0.2) is 14.5 Å². The van der Waals surface area contributed by atoms with Crippen molar-refractivity contribution >= 4 is 6.09 Å². The summed E-state index contributed by atoms with van der Waals surface area (Å²) < 4.78 is 5.77. The van der Waals surface area contributed by atoms with Gasteiger partial charge in [-0.15, -0.1) is 0 Å². The Morgan fingerprint density at radius 2 is 2.15 bits per heavy atom. The average molecular weight is 183 g/mol. The maximum Gasteiger partial charge on any atom is 0.422 e. The summed E-state index contributed by atoms with van der Waals surface area (Å²) in [5, 5.41) is 10.9. The summed E-state index contributed by atoms with van der Waals surface area (Å²) in [7, 11) is 0. The van der Waals surface area contributed by atoms with Gasteiger partial charge in [0.1, 0.15) is 5.60 Å². The first-order chi connectivity index (χ1) is 5.90. The maximum absolute atomic E-state index is 11.2. The first-order valence-electron chi connectivity index (χ1n) is 3.84. The van der Waals surface area contributed by atoms with Gasteiger partial charge in [0, 0.05) is 12.4 Å². The Bertz CT molecular complexity index is 311. The first kappa shape index (κ1) is 9.57. The van der Waals surface area contributed by atoms with Gasteiger partial charge >= 0.3 is 12.1 Å². The fourth-order valence-electron chi connectivity index (χ4n) is 0.740. The molecule has 13 heavy (non-hydrogen) atoms. The van der Waals surface area contributed by atoms with Crippen LogP contribution in [-0.2, 0) is 9.84 Å². The second kappa shape index (κ2) is 3.08. The van der Waals surface area contributed by atoms with Crippen molar-refractivity contribution < 1.29 is 14.6 Å². The van der Waals surface area contributed by atoms with E-state index in [4.69, 9.17) is 4.74 Å². The monoisotopic (exact) mass is 183 g/mol. The molecule has 0 aromatic carbocycles. The van der Waals surface area contributed by atoms with Gasteiger partial charge in [-0.05, 0) is 20.8 Å². The third kappa shape index (κ3) is 2.47. The fraction of sp³-hybridized carbons (Fsp3) is 0.500. The molecule has 0 aliphatic heterocycles. The van der Waals surface area contributed by atoms with Crippen LogP contribution in [-0.4, -0.2) is 21.2 Å². The third-order valence-electron chi connectivity index (χ3n) is 1.20. The summed E-state index contributed by atoms with van der Waals surface area (Å²) in [4.78, 5) is 14.6. The van der Waals surface area contributed by atoms with Crippen molar-refractivity contribution in [1.82, 2.24) is 9.55 Å². The van der Waals surface area contributed by atoms with Crippen LogP contribution in [0.3, 0.4) is 0 Å². The zero-order valence-corrected chi connectivity index (χ0v) is 7.77. The number of carbonyl (C=O) groups is 1. The largest absolute Gasteiger partial charge is 0.443 e. The van der Waals surface area contributed by atoms with Crippen molar-refractivity contribution in [2.24, 2.45) is 0 Å². The Morgan fingerprint density at radius 1 is 1.54 bits per heavy atom. The third-order valence-corrected chi connectivity index (χ3v) is 1.20. The van der Waals surface area contributed by atoms with Crippen LogP contribution in [0.1, 0.15) is 20.8 Å². The predicted octanol–water partition coefficient (Wildman–Crippen LogP) is 1.81. The second-order valence-corrected chi connectivity index (χ2v) is 3.56. The van der Waals surface area contributed by atoms with E-state index in [9.17, 15) is 9.90 Å². The fourth-order valence-corrected chi connectivity index (χ4v) is 0.740. The second-order valence-electron chi connectivity index (χ2n) is 3.56. The van der Waals surface area contributed by atoms with E-state index in [2.05, 4.69) is 4.98 Å². The number of hydrogen-bond donors (Lipinski definition) is 0. The normalized spacial score (nSPS) is 11.3. The highest BCUT2D eigenvalue weighted by atomic mass is 16.6. The molecule has 1 rings (SSSR count). The van der Waals surface area contributed by atoms with E-state index in [1.165, 1.54) is 12.4 Å². The standard InChI is InChI=1S/C8H11N2O3/c1-8(2,3)13-7(12)10-5-4-9-6(10)11/h4-5H,1-3H3. The van der Waals surface area contributed by atoms with Gasteiger partial charge in [-0.2, -0.15) is 4.98 Å². The molecule has 1 heterocycles. The molecule has 0 saturated heterocycles. The number of imidazole rings is 1. The van der Waals surface area contributed by atoms with Crippen LogP contribution < -0.4 is 0 Å². The molecule has 0 saturated carbocycles. The summed E-state index contributed by atoms with van der Waals surface area (Å²) in [6.45, 7) is 5.19. The molecule has 0 unspecified atom stereocenters. The minimum absolute atomic E-state index is 0.603. The Hall–Kier alpha value is -1.52. The first-order valence-corrected chi connectivity index (χ1v) is 3.84. The molecule has 0 atom stereocenters.